The van der Waals surface area contributed by atoms with E-state index >= 15 is 0 Å². The van der Waals surface area contributed by atoms with Crippen LogP contribution in [0.5, 0.6) is 6.01 Å². The van der Waals surface area contributed by atoms with Gasteiger partial charge in [0.1, 0.15) is 12.6 Å². The van der Waals surface area contributed by atoms with Crippen LogP contribution in [0.3, 0.4) is 0 Å². The molecule has 1 aromatic rings. The molecule has 0 spiro atoms. The second-order valence-electron chi connectivity index (χ2n) is 4.19. The predicted molar refractivity (Wildman–Crippen MR) is 70.5 cm³/mol. The van der Waals surface area contributed by atoms with Crippen LogP contribution < -0.4 is 20.3 Å². The number of anilines is 2. The normalized spacial score (nSPS) is 18.8. The van der Waals surface area contributed by atoms with E-state index in [1.165, 1.54) is 12.0 Å². The van der Waals surface area contributed by atoms with Crippen molar-refractivity contribution in [2.75, 3.05) is 30.4 Å². The summed E-state index contributed by atoms with van der Waals surface area (Å²) < 4.78 is 5.01. The van der Waals surface area contributed by atoms with E-state index in [2.05, 4.69) is 25.6 Å². The smallest absolute Gasteiger partial charge is 0.322 e. The summed E-state index contributed by atoms with van der Waals surface area (Å²) in [6, 6.07) is -0.425. The fraction of sp³-hybridized carbons (Fsp3) is 0.545. The molecule has 1 aliphatic rings. The minimum atomic E-state index is -0.547. The van der Waals surface area contributed by atoms with Crippen LogP contribution >= 0.6 is 0 Å². The molecule has 2 amide bonds. The quantitative estimate of drug-likeness (QED) is 0.687. The molecular formula is C11H16N6O3. The van der Waals surface area contributed by atoms with Crippen molar-refractivity contribution in [2.24, 2.45) is 0 Å². The zero-order valence-electron chi connectivity index (χ0n) is 11.5. The molecule has 0 bridgehead atoms. The number of hydrogen-bond acceptors (Lipinski definition) is 8. The van der Waals surface area contributed by atoms with Crippen LogP contribution in [0.4, 0.5) is 11.9 Å². The molecule has 2 heterocycles. The Kier molecular flexibility index (Phi) is 3.97. The van der Waals surface area contributed by atoms with Gasteiger partial charge in [-0.25, -0.2) is 0 Å². The number of nitrogens with zero attached hydrogens (tertiary/aromatic N) is 4. The van der Waals surface area contributed by atoms with Gasteiger partial charge in [0, 0.05) is 6.54 Å². The van der Waals surface area contributed by atoms with Crippen LogP contribution in [0.25, 0.3) is 0 Å². The monoisotopic (exact) mass is 280 g/mol. The Labute approximate surface area is 115 Å². The highest BCUT2D eigenvalue weighted by atomic mass is 16.5. The number of aromatic nitrogens is 3. The van der Waals surface area contributed by atoms with Gasteiger partial charge in [-0.05, 0) is 13.8 Å². The molecule has 0 radical (unpaired) electrons. The van der Waals surface area contributed by atoms with Crippen molar-refractivity contribution in [2.45, 2.75) is 19.9 Å². The zero-order chi connectivity index (χ0) is 14.7. The highest BCUT2D eigenvalue weighted by Gasteiger charge is 2.32. The lowest BCUT2D eigenvalue weighted by Gasteiger charge is -2.31. The molecule has 2 N–H and O–H groups in total. The summed E-state index contributed by atoms with van der Waals surface area (Å²) in [5.74, 6) is -0.216. The molecule has 1 fully saturated rings. The Balaban J connectivity index is 2.36. The molecule has 1 unspecified atom stereocenters. The maximum atomic E-state index is 11.7. The van der Waals surface area contributed by atoms with Crippen LogP contribution in [0, 0.1) is 0 Å². The SMILES string of the molecule is CCNc1nc(OC)nc(N2CC(=O)NC(=O)C2C)n1. The first-order valence-electron chi connectivity index (χ1n) is 6.19. The average Bonchev–Trinajstić information content (AvgIpc) is 2.42. The number of hydrogen-bond donors (Lipinski definition) is 2. The van der Waals surface area contributed by atoms with Crippen molar-refractivity contribution in [1.29, 1.82) is 0 Å². The number of amides is 2. The molecule has 20 heavy (non-hydrogen) atoms. The molecule has 108 valence electrons. The molecular weight excluding hydrogens is 264 g/mol. The van der Waals surface area contributed by atoms with Crippen LogP contribution in [0.2, 0.25) is 0 Å². The molecule has 1 saturated heterocycles. The number of methoxy groups -OCH3 is 1. The number of rotatable bonds is 4. The number of nitrogens with one attached hydrogen (secondary N) is 2. The summed E-state index contributed by atoms with van der Waals surface area (Å²) in [6.07, 6.45) is 0. The molecule has 0 aromatic carbocycles. The topological polar surface area (TPSA) is 109 Å². The van der Waals surface area contributed by atoms with Crippen LogP contribution in [0.15, 0.2) is 0 Å². The summed E-state index contributed by atoms with van der Waals surface area (Å²) in [6.45, 7) is 4.20. The average molecular weight is 280 g/mol. The van der Waals surface area contributed by atoms with Gasteiger partial charge < -0.3 is 15.0 Å². The third kappa shape index (κ3) is 2.76. The van der Waals surface area contributed by atoms with Crippen molar-refractivity contribution >= 4 is 23.7 Å². The maximum absolute atomic E-state index is 11.7. The van der Waals surface area contributed by atoms with Gasteiger partial charge in [0.2, 0.25) is 23.7 Å². The number of carbonyl (C=O) groups is 2. The van der Waals surface area contributed by atoms with Crippen molar-refractivity contribution in [1.82, 2.24) is 20.3 Å². The third-order valence-electron chi connectivity index (χ3n) is 2.80. The molecule has 1 aromatic heterocycles. The molecule has 9 nitrogen and oxygen atoms in total. The van der Waals surface area contributed by atoms with Crippen LogP contribution in [-0.2, 0) is 9.59 Å². The first kappa shape index (κ1) is 14.0. The fourth-order valence-electron chi connectivity index (χ4n) is 1.76. The summed E-state index contributed by atoms with van der Waals surface area (Å²) in [7, 11) is 1.44. The Hall–Kier alpha value is -2.45. The summed E-state index contributed by atoms with van der Waals surface area (Å²) in [4.78, 5) is 37.0. The molecule has 9 heteroatoms. The van der Waals surface area contributed by atoms with Gasteiger partial charge >= 0.3 is 6.01 Å². The van der Waals surface area contributed by atoms with Gasteiger partial charge in [-0.2, -0.15) is 15.0 Å². The Morgan fingerprint density at radius 3 is 2.80 bits per heavy atom. The molecule has 2 rings (SSSR count). The van der Waals surface area contributed by atoms with Crippen molar-refractivity contribution in [3.63, 3.8) is 0 Å². The predicted octanol–water partition coefficient (Wildman–Crippen LogP) is -0.837. The lowest BCUT2D eigenvalue weighted by Crippen LogP contribution is -2.57. The molecule has 1 atom stereocenters. The lowest BCUT2D eigenvalue weighted by atomic mass is 10.2. The van der Waals surface area contributed by atoms with Gasteiger partial charge in [0.25, 0.3) is 0 Å². The van der Waals surface area contributed by atoms with E-state index in [0.717, 1.165) is 0 Å². The van der Waals surface area contributed by atoms with Gasteiger partial charge in [-0.3, -0.25) is 14.9 Å². The van der Waals surface area contributed by atoms with Crippen LogP contribution in [0.1, 0.15) is 13.8 Å². The minimum Gasteiger partial charge on any atom is -0.467 e. The molecule has 1 aliphatic heterocycles. The summed E-state index contributed by atoms with van der Waals surface area (Å²) in [5, 5.41) is 5.20. The highest BCUT2D eigenvalue weighted by Crippen LogP contribution is 2.18. The van der Waals surface area contributed by atoms with Crippen LogP contribution in [-0.4, -0.2) is 53.0 Å². The Morgan fingerprint density at radius 1 is 1.40 bits per heavy atom. The van der Waals surface area contributed by atoms with E-state index in [1.807, 2.05) is 6.92 Å². The maximum Gasteiger partial charge on any atom is 0.322 e. The van der Waals surface area contributed by atoms with E-state index < -0.39 is 11.9 Å². The van der Waals surface area contributed by atoms with E-state index in [-0.39, 0.29) is 24.4 Å². The Morgan fingerprint density at radius 2 is 2.15 bits per heavy atom. The minimum absolute atomic E-state index is 0.00559. The summed E-state index contributed by atoms with van der Waals surface area (Å²) >= 11 is 0. The standard InChI is InChI=1S/C11H16N6O3/c1-4-12-9-14-10(16-11(15-9)20-3)17-5-7(18)13-8(19)6(17)2/h6H,4-5H2,1-3H3,(H,13,18,19)(H,12,14,15,16). The van der Waals surface area contributed by atoms with Gasteiger partial charge in [-0.1, -0.05) is 0 Å². The largest absolute Gasteiger partial charge is 0.467 e. The Bertz CT molecular complexity index is 535. The first-order chi connectivity index (χ1) is 9.55. The van der Waals surface area contributed by atoms with Crippen molar-refractivity contribution in [3.05, 3.63) is 0 Å². The number of piperazine rings is 1. The van der Waals surface area contributed by atoms with Gasteiger partial charge in [0.05, 0.1) is 7.11 Å². The first-order valence-corrected chi connectivity index (χ1v) is 6.19. The van der Waals surface area contributed by atoms with E-state index in [1.54, 1.807) is 6.92 Å². The number of ether oxygens (including phenoxy) is 1. The van der Waals surface area contributed by atoms with E-state index in [9.17, 15) is 9.59 Å². The third-order valence-corrected chi connectivity index (χ3v) is 2.80. The van der Waals surface area contributed by atoms with Gasteiger partial charge in [-0.15, -0.1) is 0 Å². The molecule has 0 aliphatic carbocycles. The lowest BCUT2D eigenvalue weighted by molar-refractivity contribution is -0.132. The second kappa shape index (κ2) is 5.68. The number of carbonyl (C=O) groups excluding carboxylic acids is 2. The molecule has 0 saturated carbocycles. The van der Waals surface area contributed by atoms with Gasteiger partial charge in [0.15, 0.2) is 0 Å². The summed E-state index contributed by atoms with van der Waals surface area (Å²) in [5.41, 5.74) is 0. The highest BCUT2D eigenvalue weighted by molar-refractivity contribution is 6.04. The van der Waals surface area contributed by atoms with E-state index in [0.29, 0.717) is 12.5 Å². The van der Waals surface area contributed by atoms with E-state index in [4.69, 9.17) is 4.74 Å². The second-order valence-corrected chi connectivity index (χ2v) is 4.19. The fourth-order valence-corrected chi connectivity index (χ4v) is 1.76. The van der Waals surface area contributed by atoms with Crippen molar-refractivity contribution in [3.8, 4) is 6.01 Å². The number of imide groups is 1. The van der Waals surface area contributed by atoms with Crippen molar-refractivity contribution < 1.29 is 14.3 Å². The zero-order valence-corrected chi connectivity index (χ0v) is 11.5.